The van der Waals surface area contributed by atoms with Crippen LogP contribution in [0, 0.1) is 23.7 Å². The van der Waals surface area contributed by atoms with E-state index in [1.54, 1.807) is 5.57 Å². The number of hydrogen-bond acceptors (Lipinski definition) is 1. The lowest BCUT2D eigenvalue weighted by Crippen LogP contribution is -2.91. The fourth-order valence-corrected chi connectivity index (χ4v) is 5.41. The van der Waals surface area contributed by atoms with Crippen LogP contribution in [0.15, 0.2) is 23.8 Å². The van der Waals surface area contributed by atoms with Gasteiger partial charge in [-0.1, -0.05) is 18.2 Å². The van der Waals surface area contributed by atoms with E-state index in [2.05, 4.69) is 23.5 Å². The van der Waals surface area contributed by atoms with Gasteiger partial charge in [0, 0.05) is 11.6 Å². The van der Waals surface area contributed by atoms with Crippen molar-refractivity contribution in [3.63, 3.8) is 0 Å². The van der Waals surface area contributed by atoms with Crippen LogP contribution < -0.4 is 5.32 Å². The van der Waals surface area contributed by atoms with Gasteiger partial charge in [-0.3, -0.25) is 0 Å². The van der Waals surface area contributed by atoms with Crippen LogP contribution in [0.3, 0.4) is 0 Å². The van der Waals surface area contributed by atoms with Gasteiger partial charge in [0.15, 0.2) is 0 Å². The standard InChI is InChI=1S/C14H17N/c1-2-8(3-1)11-6-9-4-5-10(11)13-12-7-14(9,13)15-12/h1-3,9-13,15H,4-7H2/t9?,10-,11?,12?,13+,14+/m0/s1. The topological polar surface area (TPSA) is 12.0 Å². The molecule has 4 saturated carbocycles. The summed E-state index contributed by atoms with van der Waals surface area (Å²) in [6.45, 7) is 0. The zero-order chi connectivity index (χ0) is 9.62. The van der Waals surface area contributed by atoms with Gasteiger partial charge in [-0.15, -0.1) is 0 Å². The third-order valence-electron chi connectivity index (χ3n) is 6.14. The Labute approximate surface area is 90.6 Å². The van der Waals surface area contributed by atoms with Crippen molar-refractivity contribution in [2.24, 2.45) is 23.7 Å². The average Bonchev–Trinajstić information content (AvgIpc) is 2.00. The molecule has 15 heavy (non-hydrogen) atoms. The lowest BCUT2D eigenvalue weighted by Gasteiger charge is -2.80. The molecule has 1 N–H and O–H groups in total. The summed E-state index contributed by atoms with van der Waals surface area (Å²) in [6, 6.07) is 0.922. The Morgan fingerprint density at radius 3 is 2.73 bits per heavy atom. The van der Waals surface area contributed by atoms with E-state index in [9.17, 15) is 0 Å². The van der Waals surface area contributed by atoms with E-state index in [0.29, 0.717) is 5.54 Å². The minimum atomic E-state index is 0.665. The van der Waals surface area contributed by atoms with E-state index >= 15 is 0 Å². The number of nitrogens with one attached hydrogen (secondary N) is 1. The van der Waals surface area contributed by atoms with Gasteiger partial charge < -0.3 is 5.32 Å². The van der Waals surface area contributed by atoms with E-state index < -0.39 is 0 Å². The lowest BCUT2D eigenvalue weighted by atomic mass is 9.35. The second-order valence-electron chi connectivity index (χ2n) is 6.33. The first-order chi connectivity index (χ1) is 7.38. The fourth-order valence-electron chi connectivity index (χ4n) is 5.41. The van der Waals surface area contributed by atoms with Gasteiger partial charge in [0.25, 0.3) is 0 Å². The second kappa shape index (κ2) is 2.10. The van der Waals surface area contributed by atoms with E-state index in [4.69, 9.17) is 0 Å². The Kier molecular flexibility index (Phi) is 1.08. The Bertz CT molecular complexity index is 396. The zero-order valence-corrected chi connectivity index (χ0v) is 8.95. The van der Waals surface area contributed by atoms with Gasteiger partial charge in [0.2, 0.25) is 0 Å². The van der Waals surface area contributed by atoms with E-state index in [-0.39, 0.29) is 0 Å². The summed E-state index contributed by atoms with van der Waals surface area (Å²) < 4.78 is 0. The molecule has 7 rings (SSSR count). The van der Waals surface area contributed by atoms with Crippen molar-refractivity contribution in [2.45, 2.75) is 37.3 Å². The summed E-state index contributed by atoms with van der Waals surface area (Å²) in [5.41, 5.74) is 2.34. The number of fused-ring (bicyclic) bond motifs is 2. The molecule has 78 valence electrons. The van der Waals surface area contributed by atoms with Crippen LogP contribution in [-0.4, -0.2) is 11.6 Å². The number of allylic oxidation sites excluding steroid dienone is 4. The van der Waals surface area contributed by atoms with Crippen LogP contribution in [0.2, 0.25) is 0 Å². The van der Waals surface area contributed by atoms with Gasteiger partial charge in [-0.2, -0.15) is 0 Å². The predicted molar refractivity (Wildman–Crippen MR) is 59.3 cm³/mol. The highest BCUT2D eigenvalue weighted by molar-refractivity contribution is 5.41. The van der Waals surface area contributed by atoms with Crippen molar-refractivity contribution in [3.05, 3.63) is 23.8 Å². The van der Waals surface area contributed by atoms with Crippen LogP contribution >= 0.6 is 0 Å². The van der Waals surface area contributed by atoms with Crippen LogP contribution in [-0.2, 0) is 0 Å². The summed E-state index contributed by atoms with van der Waals surface area (Å²) in [4.78, 5) is 0. The SMILES string of the molecule is C1=CC(C2CC3CC[C@@H]2[C@@H]2C4C[C@@]32N4)=C1. The van der Waals surface area contributed by atoms with E-state index in [1.807, 2.05) is 0 Å². The average molecular weight is 199 g/mol. The molecule has 7 aliphatic rings. The van der Waals surface area contributed by atoms with Crippen molar-refractivity contribution < 1.29 is 0 Å². The largest absolute Gasteiger partial charge is 0.307 e. The molecule has 0 amide bonds. The molecule has 0 aromatic heterocycles. The first-order valence-corrected chi connectivity index (χ1v) is 6.54. The molecular weight excluding hydrogens is 182 g/mol. The molecule has 1 spiro atoms. The molecular formula is C14H17N. The molecule has 3 unspecified atom stereocenters. The van der Waals surface area contributed by atoms with Gasteiger partial charge in [-0.25, -0.2) is 0 Å². The predicted octanol–water partition coefficient (Wildman–Crippen LogP) is 2.26. The molecule has 2 aliphatic heterocycles. The molecule has 2 saturated heterocycles. The van der Waals surface area contributed by atoms with Crippen LogP contribution in [0.25, 0.3) is 0 Å². The van der Waals surface area contributed by atoms with Crippen molar-refractivity contribution in [1.29, 1.82) is 0 Å². The summed E-state index contributed by atoms with van der Waals surface area (Å²) >= 11 is 0. The van der Waals surface area contributed by atoms with Crippen LogP contribution in [0.5, 0.6) is 0 Å². The summed E-state index contributed by atoms with van der Waals surface area (Å²) in [7, 11) is 0. The molecule has 2 heterocycles. The van der Waals surface area contributed by atoms with Crippen molar-refractivity contribution in [3.8, 4) is 0 Å². The summed E-state index contributed by atoms with van der Waals surface area (Å²) in [5.74, 6) is 4.06. The van der Waals surface area contributed by atoms with Crippen molar-refractivity contribution in [1.82, 2.24) is 5.32 Å². The van der Waals surface area contributed by atoms with E-state index in [0.717, 1.165) is 29.7 Å². The van der Waals surface area contributed by atoms with E-state index in [1.165, 1.54) is 25.7 Å². The third-order valence-corrected chi connectivity index (χ3v) is 6.14. The molecule has 0 radical (unpaired) electrons. The smallest absolute Gasteiger partial charge is 0.0273 e. The highest BCUT2D eigenvalue weighted by Crippen LogP contribution is 2.69. The van der Waals surface area contributed by atoms with Crippen molar-refractivity contribution in [2.75, 3.05) is 0 Å². The Morgan fingerprint density at radius 1 is 1.33 bits per heavy atom. The van der Waals surface area contributed by atoms with Crippen LogP contribution in [0.4, 0.5) is 0 Å². The molecule has 1 nitrogen and oxygen atoms in total. The molecule has 6 fully saturated rings. The normalized spacial score (nSPS) is 62.4. The highest BCUT2D eigenvalue weighted by atomic mass is 15.2. The third kappa shape index (κ3) is 0.640. The lowest BCUT2D eigenvalue weighted by molar-refractivity contribution is -0.232. The minimum Gasteiger partial charge on any atom is -0.307 e. The maximum Gasteiger partial charge on any atom is 0.0273 e. The maximum absolute atomic E-state index is 3.81. The molecule has 4 bridgehead atoms. The highest BCUT2D eigenvalue weighted by Gasteiger charge is 2.74. The Hall–Kier alpha value is -0.560. The monoisotopic (exact) mass is 199 g/mol. The van der Waals surface area contributed by atoms with Crippen LogP contribution in [0.1, 0.15) is 25.7 Å². The molecule has 5 aliphatic carbocycles. The molecule has 6 atom stereocenters. The first kappa shape index (κ1) is 7.67. The molecule has 1 heteroatoms. The van der Waals surface area contributed by atoms with Gasteiger partial charge >= 0.3 is 0 Å². The first-order valence-electron chi connectivity index (χ1n) is 6.54. The minimum absolute atomic E-state index is 0.665. The number of hydrogen-bond donors (Lipinski definition) is 1. The maximum atomic E-state index is 3.81. The Balaban J connectivity index is 1.55. The summed E-state index contributed by atoms with van der Waals surface area (Å²) in [5, 5.41) is 3.81. The van der Waals surface area contributed by atoms with Gasteiger partial charge in [0.1, 0.15) is 0 Å². The molecule has 0 aromatic carbocycles. The van der Waals surface area contributed by atoms with Gasteiger partial charge in [0.05, 0.1) is 0 Å². The van der Waals surface area contributed by atoms with Gasteiger partial charge in [-0.05, 0) is 54.9 Å². The summed E-state index contributed by atoms with van der Waals surface area (Å²) in [6.07, 6.45) is 13.0. The quantitative estimate of drug-likeness (QED) is 0.683. The fraction of sp³-hybridized carbons (Fsp3) is 0.714. The molecule has 0 aromatic rings. The number of rotatable bonds is 1. The Morgan fingerprint density at radius 2 is 2.20 bits per heavy atom. The second-order valence-corrected chi connectivity index (χ2v) is 6.33. The van der Waals surface area contributed by atoms with Crippen molar-refractivity contribution >= 4 is 0 Å². The zero-order valence-electron chi connectivity index (χ0n) is 8.95.